The van der Waals surface area contributed by atoms with Gasteiger partial charge in [0.15, 0.2) is 0 Å². The highest BCUT2D eigenvalue weighted by Gasteiger charge is 2.10. The molecule has 1 aromatic carbocycles. The van der Waals surface area contributed by atoms with Gasteiger partial charge in [0.05, 0.1) is 10.7 Å². The van der Waals surface area contributed by atoms with Crippen molar-refractivity contribution in [3.8, 4) is 11.3 Å². The number of nitrogens with one attached hydrogen (secondary N) is 1. The van der Waals surface area contributed by atoms with Crippen LogP contribution in [0.5, 0.6) is 0 Å². The molecule has 0 amide bonds. The number of hydrogen-bond acceptors (Lipinski definition) is 2. The maximum absolute atomic E-state index is 13.1. The van der Waals surface area contributed by atoms with Gasteiger partial charge in [0.2, 0.25) is 0 Å². The van der Waals surface area contributed by atoms with Gasteiger partial charge >= 0.3 is 0 Å². The predicted octanol–water partition coefficient (Wildman–Crippen LogP) is 2.68. The second kappa shape index (κ2) is 4.85. The van der Waals surface area contributed by atoms with E-state index in [1.54, 1.807) is 12.1 Å². The number of rotatable bonds is 3. The number of aromatic amines is 1. The van der Waals surface area contributed by atoms with Crippen LogP contribution >= 0.6 is 11.6 Å². The lowest BCUT2D eigenvalue weighted by Gasteiger charge is -2.00. The Kier molecular flexibility index (Phi) is 3.45. The summed E-state index contributed by atoms with van der Waals surface area (Å²) >= 11 is 5.75. The third kappa shape index (κ3) is 2.48. The van der Waals surface area contributed by atoms with E-state index in [2.05, 4.69) is 9.97 Å². The van der Waals surface area contributed by atoms with Crippen molar-refractivity contribution in [1.82, 2.24) is 9.97 Å². The van der Waals surface area contributed by atoms with Gasteiger partial charge in [-0.25, -0.2) is 9.37 Å². The SMILES string of the molecule is Cc1[nH]c(CCN)nc1-c1ccc(F)c(Cl)c1. The summed E-state index contributed by atoms with van der Waals surface area (Å²) in [5.74, 6) is 0.409. The Labute approximate surface area is 104 Å². The van der Waals surface area contributed by atoms with Gasteiger partial charge in [-0.2, -0.15) is 0 Å². The van der Waals surface area contributed by atoms with E-state index in [-0.39, 0.29) is 5.02 Å². The molecule has 0 saturated carbocycles. The Morgan fingerprint density at radius 2 is 2.24 bits per heavy atom. The topological polar surface area (TPSA) is 54.7 Å². The number of nitrogens with two attached hydrogens (primary N) is 1. The highest BCUT2D eigenvalue weighted by atomic mass is 35.5. The van der Waals surface area contributed by atoms with E-state index < -0.39 is 5.82 Å². The van der Waals surface area contributed by atoms with Gasteiger partial charge in [0.1, 0.15) is 11.6 Å². The van der Waals surface area contributed by atoms with E-state index in [9.17, 15) is 4.39 Å². The van der Waals surface area contributed by atoms with Gasteiger partial charge in [-0.3, -0.25) is 0 Å². The Bertz CT molecular complexity index is 537. The second-order valence-electron chi connectivity index (χ2n) is 3.82. The molecule has 0 bridgehead atoms. The zero-order chi connectivity index (χ0) is 12.4. The lowest BCUT2D eigenvalue weighted by Crippen LogP contribution is -2.03. The first-order chi connectivity index (χ1) is 8.11. The maximum atomic E-state index is 13.1. The highest BCUT2D eigenvalue weighted by Crippen LogP contribution is 2.25. The lowest BCUT2D eigenvalue weighted by atomic mass is 10.1. The molecule has 0 spiro atoms. The number of imidazole rings is 1. The summed E-state index contributed by atoms with van der Waals surface area (Å²) in [6, 6.07) is 4.58. The first-order valence-corrected chi connectivity index (χ1v) is 5.70. The Morgan fingerprint density at radius 1 is 1.47 bits per heavy atom. The fraction of sp³-hybridized carbons (Fsp3) is 0.250. The summed E-state index contributed by atoms with van der Waals surface area (Å²) in [6.07, 6.45) is 0.690. The van der Waals surface area contributed by atoms with Crippen molar-refractivity contribution < 1.29 is 4.39 Å². The molecular weight excluding hydrogens is 241 g/mol. The molecule has 1 heterocycles. The van der Waals surface area contributed by atoms with Gasteiger partial charge in [-0.1, -0.05) is 11.6 Å². The fourth-order valence-corrected chi connectivity index (χ4v) is 1.88. The Hall–Kier alpha value is -1.39. The molecular formula is C12H13ClFN3. The lowest BCUT2D eigenvalue weighted by molar-refractivity contribution is 0.628. The van der Waals surface area contributed by atoms with Crippen LogP contribution in [-0.4, -0.2) is 16.5 Å². The molecule has 0 unspecified atom stereocenters. The molecule has 2 aromatic rings. The minimum Gasteiger partial charge on any atom is -0.346 e. The molecule has 17 heavy (non-hydrogen) atoms. The fourth-order valence-electron chi connectivity index (χ4n) is 1.70. The minimum absolute atomic E-state index is 0.102. The van der Waals surface area contributed by atoms with Crippen molar-refractivity contribution in [3.63, 3.8) is 0 Å². The zero-order valence-corrected chi connectivity index (χ0v) is 10.2. The van der Waals surface area contributed by atoms with E-state index in [1.165, 1.54) is 6.07 Å². The quantitative estimate of drug-likeness (QED) is 0.884. The summed E-state index contributed by atoms with van der Waals surface area (Å²) in [7, 11) is 0. The molecule has 0 saturated heterocycles. The van der Waals surface area contributed by atoms with Crippen LogP contribution in [-0.2, 0) is 6.42 Å². The summed E-state index contributed by atoms with van der Waals surface area (Å²) in [5, 5.41) is 0.102. The number of nitrogens with zero attached hydrogens (tertiary/aromatic N) is 1. The van der Waals surface area contributed by atoms with E-state index in [0.29, 0.717) is 13.0 Å². The summed E-state index contributed by atoms with van der Waals surface area (Å²) < 4.78 is 13.1. The Balaban J connectivity index is 2.41. The molecule has 0 aliphatic heterocycles. The predicted molar refractivity (Wildman–Crippen MR) is 66.5 cm³/mol. The van der Waals surface area contributed by atoms with Crippen LogP contribution in [0.1, 0.15) is 11.5 Å². The van der Waals surface area contributed by atoms with Crippen LogP contribution in [0.4, 0.5) is 4.39 Å². The second-order valence-corrected chi connectivity index (χ2v) is 4.23. The molecule has 2 rings (SSSR count). The van der Waals surface area contributed by atoms with Crippen LogP contribution in [0, 0.1) is 12.7 Å². The molecule has 90 valence electrons. The van der Waals surface area contributed by atoms with Gasteiger partial charge < -0.3 is 10.7 Å². The van der Waals surface area contributed by atoms with E-state index in [4.69, 9.17) is 17.3 Å². The Morgan fingerprint density at radius 3 is 2.88 bits per heavy atom. The molecule has 5 heteroatoms. The van der Waals surface area contributed by atoms with Crippen LogP contribution in [0.3, 0.4) is 0 Å². The molecule has 3 N–H and O–H groups in total. The molecule has 0 atom stereocenters. The monoisotopic (exact) mass is 253 g/mol. The van der Waals surface area contributed by atoms with Crippen LogP contribution in [0.25, 0.3) is 11.3 Å². The van der Waals surface area contributed by atoms with Crippen LogP contribution < -0.4 is 5.73 Å². The number of aromatic nitrogens is 2. The first-order valence-electron chi connectivity index (χ1n) is 5.33. The smallest absolute Gasteiger partial charge is 0.141 e. The summed E-state index contributed by atoms with van der Waals surface area (Å²) in [4.78, 5) is 7.57. The number of halogens is 2. The average molecular weight is 254 g/mol. The average Bonchev–Trinajstić information content (AvgIpc) is 2.64. The third-order valence-corrected chi connectivity index (χ3v) is 2.80. The van der Waals surface area contributed by atoms with Gasteiger partial charge in [0, 0.05) is 17.7 Å². The normalized spacial score (nSPS) is 10.8. The van der Waals surface area contributed by atoms with Crippen LogP contribution in [0.2, 0.25) is 5.02 Å². The van der Waals surface area contributed by atoms with E-state index in [0.717, 1.165) is 22.8 Å². The molecule has 1 aromatic heterocycles. The van der Waals surface area contributed by atoms with E-state index in [1.807, 2.05) is 6.92 Å². The molecule has 0 aliphatic rings. The van der Waals surface area contributed by atoms with Gasteiger partial charge in [-0.15, -0.1) is 0 Å². The van der Waals surface area contributed by atoms with Crippen molar-refractivity contribution in [2.45, 2.75) is 13.3 Å². The van der Waals surface area contributed by atoms with Crippen molar-refractivity contribution in [2.75, 3.05) is 6.54 Å². The van der Waals surface area contributed by atoms with Gasteiger partial charge in [-0.05, 0) is 31.7 Å². The maximum Gasteiger partial charge on any atom is 0.141 e. The van der Waals surface area contributed by atoms with Crippen LogP contribution in [0.15, 0.2) is 18.2 Å². The number of hydrogen-bond donors (Lipinski definition) is 2. The van der Waals surface area contributed by atoms with Crippen molar-refractivity contribution >= 4 is 11.6 Å². The molecule has 3 nitrogen and oxygen atoms in total. The van der Waals surface area contributed by atoms with E-state index >= 15 is 0 Å². The zero-order valence-electron chi connectivity index (χ0n) is 9.43. The van der Waals surface area contributed by atoms with Gasteiger partial charge in [0.25, 0.3) is 0 Å². The molecule has 0 fully saturated rings. The summed E-state index contributed by atoms with van der Waals surface area (Å²) in [5.41, 5.74) is 7.99. The standard InChI is InChI=1S/C12H13ClFN3/c1-7-12(17-11(16-7)4-5-15)8-2-3-10(14)9(13)6-8/h2-3,6H,4-5,15H2,1H3,(H,16,17). The van der Waals surface area contributed by atoms with Crippen molar-refractivity contribution in [1.29, 1.82) is 0 Å². The summed E-state index contributed by atoms with van der Waals surface area (Å²) in [6.45, 7) is 2.45. The molecule has 0 aliphatic carbocycles. The van der Waals surface area contributed by atoms with Crippen molar-refractivity contribution in [3.05, 3.63) is 40.6 Å². The van der Waals surface area contributed by atoms with Crippen molar-refractivity contribution in [2.24, 2.45) is 5.73 Å². The number of benzene rings is 1. The highest BCUT2D eigenvalue weighted by molar-refractivity contribution is 6.31. The minimum atomic E-state index is -0.425. The number of H-pyrrole nitrogens is 1. The number of aryl methyl sites for hydroxylation is 1. The molecule has 0 radical (unpaired) electrons. The largest absolute Gasteiger partial charge is 0.346 e. The third-order valence-electron chi connectivity index (χ3n) is 2.51. The first kappa shape index (κ1) is 12.1.